The number of benzene rings is 1. The molecule has 0 spiro atoms. The molecule has 1 aliphatic rings. The van der Waals surface area contributed by atoms with Crippen molar-refractivity contribution in [1.82, 2.24) is 0 Å². The van der Waals surface area contributed by atoms with Crippen molar-refractivity contribution in [3.63, 3.8) is 0 Å². The Morgan fingerprint density at radius 2 is 2.12 bits per heavy atom. The van der Waals surface area contributed by atoms with E-state index in [9.17, 15) is 5.11 Å². The first-order chi connectivity index (χ1) is 7.89. The zero-order valence-electron chi connectivity index (χ0n) is 10.7. The molecule has 1 saturated heterocycles. The first-order valence-electron chi connectivity index (χ1n) is 6.11. The van der Waals surface area contributed by atoms with Gasteiger partial charge >= 0.3 is 0 Å². The van der Waals surface area contributed by atoms with Gasteiger partial charge in [-0.05, 0) is 37.0 Å². The van der Waals surface area contributed by atoms with Crippen molar-refractivity contribution in [3.05, 3.63) is 28.2 Å². The minimum absolute atomic E-state index is 0.378. The number of hydrogen-bond acceptors (Lipinski definition) is 2. The molecule has 2 nitrogen and oxygen atoms in total. The first kappa shape index (κ1) is 12.9. The summed E-state index contributed by atoms with van der Waals surface area (Å²) in [5.41, 5.74) is 2.56. The number of rotatable bonds is 2. The third kappa shape index (κ3) is 2.83. The van der Waals surface area contributed by atoms with E-state index in [2.05, 4.69) is 40.7 Å². The van der Waals surface area contributed by atoms with Gasteiger partial charge in [0.25, 0.3) is 0 Å². The van der Waals surface area contributed by atoms with Crippen LogP contribution in [-0.2, 0) is 0 Å². The van der Waals surface area contributed by atoms with Crippen LogP contribution in [0.3, 0.4) is 0 Å². The fraction of sp³-hybridized carbons (Fsp3) is 0.571. The van der Waals surface area contributed by atoms with Crippen molar-refractivity contribution < 1.29 is 5.11 Å². The van der Waals surface area contributed by atoms with Crippen LogP contribution in [0, 0.1) is 5.41 Å². The van der Waals surface area contributed by atoms with Crippen LogP contribution in [0.4, 0.5) is 5.69 Å². The second-order valence-corrected chi connectivity index (χ2v) is 6.63. The van der Waals surface area contributed by atoms with E-state index in [0.717, 1.165) is 23.1 Å². The van der Waals surface area contributed by atoms with Crippen LogP contribution in [0.1, 0.15) is 38.9 Å². The third-order valence-corrected chi connectivity index (χ3v) is 3.95. The molecule has 1 fully saturated rings. The van der Waals surface area contributed by atoms with Gasteiger partial charge in [-0.1, -0.05) is 29.8 Å². The Labute approximate surface area is 112 Å². The van der Waals surface area contributed by atoms with Crippen LogP contribution < -0.4 is 4.90 Å². The van der Waals surface area contributed by atoms with Crippen molar-refractivity contribution in [3.8, 4) is 0 Å². The van der Waals surface area contributed by atoms with Gasteiger partial charge in [0.15, 0.2) is 0 Å². The predicted octanol–water partition coefficient (Wildman–Crippen LogP) is 3.74. The van der Waals surface area contributed by atoms with Crippen molar-refractivity contribution in [2.24, 2.45) is 5.41 Å². The van der Waals surface area contributed by atoms with Crippen molar-refractivity contribution in [2.45, 2.75) is 33.3 Å². The summed E-state index contributed by atoms with van der Waals surface area (Å²) in [5, 5.41) is 9.87. The van der Waals surface area contributed by atoms with E-state index in [1.165, 1.54) is 12.1 Å². The maximum atomic E-state index is 9.87. The van der Waals surface area contributed by atoms with Gasteiger partial charge in [-0.15, -0.1) is 0 Å². The van der Waals surface area contributed by atoms with Crippen LogP contribution in [0.15, 0.2) is 22.7 Å². The lowest BCUT2D eigenvalue weighted by Crippen LogP contribution is -2.24. The van der Waals surface area contributed by atoms with Crippen LogP contribution in [-0.4, -0.2) is 18.2 Å². The van der Waals surface area contributed by atoms with Gasteiger partial charge in [0, 0.05) is 28.8 Å². The molecule has 1 atom stereocenters. The molecule has 1 aromatic carbocycles. The van der Waals surface area contributed by atoms with Gasteiger partial charge in [-0.3, -0.25) is 0 Å². The molecule has 1 unspecified atom stereocenters. The van der Waals surface area contributed by atoms with Gasteiger partial charge in [-0.2, -0.15) is 0 Å². The standard InChI is InChI=1S/C14H20BrNO/c1-10(17)12-8-11(15)4-5-13(12)16-7-6-14(2,3)9-16/h4-5,8,10,17H,6-7,9H2,1-3H3. The van der Waals surface area contributed by atoms with E-state index in [0.29, 0.717) is 5.41 Å². The molecular formula is C14H20BrNO. The Kier molecular flexibility index (Phi) is 3.50. The largest absolute Gasteiger partial charge is 0.389 e. The molecule has 17 heavy (non-hydrogen) atoms. The predicted molar refractivity (Wildman–Crippen MR) is 75.4 cm³/mol. The van der Waals surface area contributed by atoms with E-state index in [1.807, 2.05) is 19.1 Å². The Hall–Kier alpha value is -0.540. The maximum absolute atomic E-state index is 9.87. The average molecular weight is 298 g/mol. The smallest absolute Gasteiger partial charge is 0.0782 e. The van der Waals surface area contributed by atoms with E-state index in [-0.39, 0.29) is 0 Å². The zero-order valence-corrected chi connectivity index (χ0v) is 12.3. The van der Waals surface area contributed by atoms with E-state index in [4.69, 9.17) is 0 Å². The quantitative estimate of drug-likeness (QED) is 0.899. The van der Waals surface area contributed by atoms with Crippen LogP contribution in [0.2, 0.25) is 0 Å². The van der Waals surface area contributed by atoms with E-state index in [1.54, 1.807) is 0 Å². The number of halogens is 1. The first-order valence-corrected chi connectivity index (χ1v) is 6.91. The summed E-state index contributed by atoms with van der Waals surface area (Å²) in [6.07, 6.45) is 0.786. The SMILES string of the molecule is CC(O)c1cc(Br)ccc1N1CCC(C)(C)C1. The van der Waals surface area contributed by atoms with Crippen LogP contribution >= 0.6 is 15.9 Å². The highest BCUT2D eigenvalue weighted by atomic mass is 79.9. The maximum Gasteiger partial charge on any atom is 0.0782 e. The molecule has 1 heterocycles. The van der Waals surface area contributed by atoms with Gasteiger partial charge < -0.3 is 10.0 Å². The van der Waals surface area contributed by atoms with Gasteiger partial charge in [-0.25, -0.2) is 0 Å². The molecule has 2 rings (SSSR count). The normalized spacial score (nSPS) is 20.6. The fourth-order valence-electron chi connectivity index (χ4n) is 2.47. The van der Waals surface area contributed by atoms with E-state index < -0.39 is 6.10 Å². The fourth-order valence-corrected chi connectivity index (χ4v) is 2.84. The van der Waals surface area contributed by atoms with Crippen LogP contribution in [0.5, 0.6) is 0 Å². The molecule has 94 valence electrons. The van der Waals surface area contributed by atoms with Gasteiger partial charge in [0.1, 0.15) is 0 Å². The highest BCUT2D eigenvalue weighted by Crippen LogP contribution is 2.36. The minimum atomic E-state index is -0.425. The second-order valence-electron chi connectivity index (χ2n) is 5.71. The van der Waals surface area contributed by atoms with E-state index >= 15 is 0 Å². The minimum Gasteiger partial charge on any atom is -0.389 e. The average Bonchev–Trinajstić information content (AvgIpc) is 2.58. The summed E-state index contributed by atoms with van der Waals surface area (Å²) in [6, 6.07) is 6.17. The molecule has 0 aliphatic carbocycles. The van der Waals surface area contributed by atoms with Gasteiger partial charge in [0.2, 0.25) is 0 Å². The number of hydrogen-bond donors (Lipinski definition) is 1. The monoisotopic (exact) mass is 297 g/mol. The Morgan fingerprint density at radius 3 is 2.65 bits per heavy atom. The number of aliphatic hydroxyl groups excluding tert-OH is 1. The zero-order chi connectivity index (χ0) is 12.6. The highest BCUT2D eigenvalue weighted by Gasteiger charge is 2.30. The lowest BCUT2D eigenvalue weighted by Gasteiger charge is -2.25. The molecule has 1 N–H and O–H groups in total. The third-order valence-electron chi connectivity index (χ3n) is 3.46. The van der Waals surface area contributed by atoms with Crippen molar-refractivity contribution >= 4 is 21.6 Å². The molecule has 0 bridgehead atoms. The summed E-state index contributed by atoms with van der Waals surface area (Å²) >= 11 is 3.47. The van der Waals surface area contributed by atoms with Crippen LogP contribution in [0.25, 0.3) is 0 Å². The number of aliphatic hydroxyl groups is 1. The molecule has 0 radical (unpaired) electrons. The second kappa shape index (κ2) is 4.62. The number of nitrogens with zero attached hydrogens (tertiary/aromatic N) is 1. The Morgan fingerprint density at radius 1 is 1.41 bits per heavy atom. The molecule has 3 heteroatoms. The number of anilines is 1. The molecule has 1 aromatic rings. The Balaban J connectivity index is 2.33. The summed E-state index contributed by atoms with van der Waals surface area (Å²) in [5.74, 6) is 0. The summed E-state index contributed by atoms with van der Waals surface area (Å²) in [4.78, 5) is 2.38. The molecule has 0 amide bonds. The Bertz CT molecular complexity index is 415. The highest BCUT2D eigenvalue weighted by molar-refractivity contribution is 9.10. The molecular weight excluding hydrogens is 278 g/mol. The van der Waals surface area contributed by atoms with Crippen molar-refractivity contribution in [2.75, 3.05) is 18.0 Å². The molecule has 0 aromatic heterocycles. The van der Waals surface area contributed by atoms with Gasteiger partial charge in [0.05, 0.1) is 6.10 Å². The lowest BCUT2D eigenvalue weighted by molar-refractivity contribution is 0.199. The van der Waals surface area contributed by atoms with Crippen molar-refractivity contribution in [1.29, 1.82) is 0 Å². The summed E-state index contributed by atoms with van der Waals surface area (Å²) < 4.78 is 1.02. The molecule has 1 aliphatic heterocycles. The summed E-state index contributed by atoms with van der Waals surface area (Å²) in [6.45, 7) is 8.57. The molecule has 0 saturated carbocycles. The lowest BCUT2D eigenvalue weighted by atomic mass is 9.93. The topological polar surface area (TPSA) is 23.5 Å². The summed E-state index contributed by atoms with van der Waals surface area (Å²) in [7, 11) is 0.